The first kappa shape index (κ1) is 16.4. The molecule has 0 radical (unpaired) electrons. The Labute approximate surface area is 138 Å². The molecule has 0 spiro atoms. The normalized spacial score (nSPS) is 18.8. The van der Waals surface area contributed by atoms with Crippen molar-refractivity contribution in [1.29, 1.82) is 0 Å². The van der Waals surface area contributed by atoms with Crippen LogP contribution in [-0.4, -0.2) is 52.0 Å². The van der Waals surface area contributed by atoms with Gasteiger partial charge in [0, 0.05) is 43.5 Å². The van der Waals surface area contributed by atoms with E-state index in [2.05, 4.69) is 10.3 Å². The number of fused-ring (bicyclic) bond motifs is 1. The zero-order valence-corrected chi connectivity index (χ0v) is 13.4. The first-order chi connectivity index (χ1) is 11.4. The molecule has 2 aromatic rings. The lowest BCUT2D eigenvalue weighted by molar-refractivity contribution is -0.135. The summed E-state index contributed by atoms with van der Waals surface area (Å²) in [5, 5.41) is 13.1. The maximum atomic E-state index is 13.3. The van der Waals surface area contributed by atoms with Crippen LogP contribution >= 0.6 is 0 Å². The van der Waals surface area contributed by atoms with Crippen molar-refractivity contribution in [3.8, 4) is 0 Å². The summed E-state index contributed by atoms with van der Waals surface area (Å²) in [5.74, 6) is -0.839. The third-order valence-corrected chi connectivity index (χ3v) is 4.30. The fourth-order valence-electron chi connectivity index (χ4n) is 3.16. The molecule has 3 rings (SSSR count). The molecule has 1 aliphatic heterocycles. The number of carbonyl (C=O) groups is 2. The summed E-state index contributed by atoms with van der Waals surface area (Å²) >= 11 is 0. The number of aliphatic hydroxyl groups excluding tert-OH is 1. The predicted octanol–water partition coefficient (Wildman–Crippen LogP) is 0.947. The number of hydrogen-bond acceptors (Lipinski definition) is 3. The molecule has 24 heavy (non-hydrogen) atoms. The highest BCUT2D eigenvalue weighted by molar-refractivity contribution is 5.89. The summed E-state index contributed by atoms with van der Waals surface area (Å²) in [4.78, 5) is 28.7. The Morgan fingerprint density at radius 1 is 1.50 bits per heavy atom. The molecule has 3 N–H and O–H groups in total. The second-order valence-corrected chi connectivity index (χ2v) is 6.19. The monoisotopic (exact) mass is 333 g/mol. The number of halogens is 1. The maximum absolute atomic E-state index is 13.3. The minimum atomic E-state index is -0.711. The second kappa shape index (κ2) is 6.60. The molecule has 2 atom stereocenters. The summed E-state index contributed by atoms with van der Waals surface area (Å²) in [5.41, 5.74) is 1.48. The van der Waals surface area contributed by atoms with E-state index in [4.69, 9.17) is 0 Å². The number of H-pyrrole nitrogens is 1. The van der Waals surface area contributed by atoms with Gasteiger partial charge in [0.1, 0.15) is 11.9 Å². The Kier molecular flexibility index (Phi) is 4.53. The highest BCUT2D eigenvalue weighted by Crippen LogP contribution is 2.21. The van der Waals surface area contributed by atoms with Crippen LogP contribution in [0.2, 0.25) is 0 Å². The molecule has 1 aromatic carbocycles. The van der Waals surface area contributed by atoms with Gasteiger partial charge >= 0.3 is 0 Å². The van der Waals surface area contributed by atoms with Gasteiger partial charge in [-0.1, -0.05) is 0 Å². The lowest BCUT2D eigenvalue weighted by Crippen LogP contribution is -2.48. The van der Waals surface area contributed by atoms with Crippen LogP contribution in [0.5, 0.6) is 0 Å². The topological polar surface area (TPSA) is 85.4 Å². The van der Waals surface area contributed by atoms with Crippen molar-refractivity contribution in [3.05, 3.63) is 35.8 Å². The van der Waals surface area contributed by atoms with E-state index in [1.54, 1.807) is 17.2 Å². The molecular weight excluding hydrogens is 313 g/mol. The zero-order valence-electron chi connectivity index (χ0n) is 13.4. The lowest BCUT2D eigenvalue weighted by atomic mass is 10.0. The van der Waals surface area contributed by atoms with Gasteiger partial charge < -0.3 is 20.3 Å². The number of rotatable bonds is 4. The van der Waals surface area contributed by atoms with Gasteiger partial charge in [-0.2, -0.15) is 0 Å². The number of nitrogens with zero attached hydrogens (tertiary/aromatic N) is 1. The van der Waals surface area contributed by atoms with E-state index >= 15 is 0 Å². The smallest absolute Gasteiger partial charge is 0.245 e. The van der Waals surface area contributed by atoms with Crippen LogP contribution in [0.25, 0.3) is 10.9 Å². The number of aromatic nitrogens is 1. The van der Waals surface area contributed by atoms with E-state index in [1.165, 1.54) is 19.1 Å². The van der Waals surface area contributed by atoms with Crippen LogP contribution in [0.4, 0.5) is 4.39 Å². The number of amides is 2. The predicted molar refractivity (Wildman–Crippen MR) is 86.8 cm³/mol. The molecule has 1 unspecified atom stereocenters. The van der Waals surface area contributed by atoms with Crippen molar-refractivity contribution in [2.75, 3.05) is 13.1 Å². The third-order valence-electron chi connectivity index (χ3n) is 4.30. The Bertz CT molecular complexity index is 774. The molecule has 7 heteroatoms. The molecule has 0 aliphatic carbocycles. The largest absolute Gasteiger partial charge is 0.391 e. The van der Waals surface area contributed by atoms with Gasteiger partial charge in [-0.25, -0.2) is 4.39 Å². The summed E-state index contributed by atoms with van der Waals surface area (Å²) in [7, 11) is 0. The Morgan fingerprint density at radius 3 is 2.96 bits per heavy atom. The first-order valence-electron chi connectivity index (χ1n) is 7.93. The van der Waals surface area contributed by atoms with E-state index < -0.39 is 12.1 Å². The van der Waals surface area contributed by atoms with Crippen molar-refractivity contribution in [3.63, 3.8) is 0 Å². The average molecular weight is 333 g/mol. The number of benzene rings is 1. The minimum Gasteiger partial charge on any atom is -0.391 e. The summed E-state index contributed by atoms with van der Waals surface area (Å²) in [6, 6.07) is 3.71. The van der Waals surface area contributed by atoms with Gasteiger partial charge in [0.25, 0.3) is 0 Å². The summed E-state index contributed by atoms with van der Waals surface area (Å²) < 4.78 is 13.3. The van der Waals surface area contributed by atoms with Crippen molar-refractivity contribution in [2.24, 2.45) is 0 Å². The molecule has 1 saturated heterocycles. The Balaban J connectivity index is 1.83. The van der Waals surface area contributed by atoms with Gasteiger partial charge in [-0.05, 0) is 30.2 Å². The number of hydrogen-bond donors (Lipinski definition) is 3. The highest BCUT2D eigenvalue weighted by atomic mass is 19.1. The Morgan fingerprint density at radius 2 is 2.29 bits per heavy atom. The summed E-state index contributed by atoms with van der Waals surface area (Å²) in [6.07, 6.45) is 2.06. The minimum absolute atomic E-state index is 0.210. The number of nitrogens with one attached hydrogen (secondary N) is 2. The number of β-amino-alcohol motifs (C(OH)–C–C–N with tert-alkyl or cyclic N) is 1. The Hall–Kier alpha value is -2.41. The number of aromatic amines is 1. The number of likely N-dealkylation sites (tertiary alicyclic amines) is 1. The van der Waals surface area contributed by atoms with Crippen LogP contribution in [0.15, 0.2) is 24.4 Å². The van der Waals surface area contributed by atoms with Crippen molar-refractivity contribution < 1.29 is 19.1 Å². The third kappa shape index (κ3) is 3.41. The van der Waals surface area contributed by atoms with Gasteiger partial charge in [-0.3, -0.25) is 9.59 Å². The number of aliphatic hydroxyl groups is 1. The van der Waals surface area contributed by atoms with Crippen molar-refractivity contribution in [1.82, 2.24) is 15.2 Å². The van der Waals surface area contributed by atoms with Gasteiger partial charge in [0.15, 0.2) is 0 Å². The lowest BCUT2D eigenvalue weighted by Gasteiger charge is -2.23. The number of carbonyl (C=O) groups excluding carboxylic acids is 2. The van der Waals surface area contributed by atoms with Crippen LogP contribution in [0.1, 0.15) is 18.9 Å². The molecule has 128 valence electrons. The van der Waals surface area contributed by atoms with E-state index in [9.17, 15) is 19.1 Å². The molecule has 1 aromatic heterocycles. The first-order valence-corrected chi connectivity index (χ1v) is 7.93. The maximum Gasteiger partial charge on any atom is 0.245 e. The molecule has 0 bridgehead atoms. The molecule has 6 nitrogen and oxygen atoms in total. The van der Waals surface area contributed by atoms with Crippen LogP contribution in [0.3, 0.4) is 0 Å². The molecule has 0 saturated carbocycles. The molecule has 2 amide bonds. The SMILES string of the molecule is CC(=O)NC(Cc1c[nH]c2cc(F)ccc12)C(=O)N1CC[C@@H](O)C1. The molecule has 1 aliphatic rings. The fraction of sp³-hybridized carbons (Fsp3) is 0.412. The van der Waals surface area contributed by atoms with Gasteiger partial charge in [0.2, 0.25) is 11.8 Å². The van der Waals surface area contributed by atoms with E-state index in [1.807, 2.05) is 0 Å². The average Bonchev–Trinajstić information content (AvgIpc) is 3.12. The fourth-order valence-corrected chi connectivity index (χ4v) is 3.16. The van der Waals surface area contributed by atoms with Crippen LogP contribution in [0, 0.1) is 5.82 Å². The highest BCUT2D eigenvalue weighted by Gasteiger charge is 2.31. The van der Waals surface area contributed by atoms with Crippen molar-refractivity contribution in [2.45, 2.75) is 31.9 Å². The van der Waals surface area contributed by atoms with E-state index in [-0.39, 0.29) is 24.2 Å². The molecule has 1 fully saturated rings. The van der Waals surface area contributed by atoms with Gasteiger partial charge in [0.05, 0.1) is 6.10 Å². The van der Waals surface area contributed by atoms with E-state index in [0.29, 0.717) is 24.9 Å². The molecular formula is C17H20FN3O3. The van der Waals surface area contributed by atoms with Crippen molar-refractivity contribution >= 4 is 22.7 Å². The zero-order chi connectivity index (χ0) is 17.3. The van der Waals surface area contributed by atoms with Gasteiger partial charge in [-0.15, -0.1) is 0 Å². The second-order valence-electron chi connectivity index (χ2n) is 6.19. The van der Waals surface area contributed by atoms with E-state index in [0.717, 1.165) is 10.9 Å². The van der Waals surface area contributed by atoms with Crippen LogP contribution in [-0.2, 0) is 16.0 Å². The standard InChI is InChI=1S/C17H20FN3O3/c1-10(22)20-16(17(24)21-5-4-13(23)9-21)6-11-8-19-15-7-12(18)2-3-14(11)15/h2-3,7-8,13,16,19,23H,4-6,9H2,1H3,(H,20,22)/t13-,16?/m1/s1. The molecule has 2 heterocycles. The van der Waals surface area contributed by atoms with Crippen LogP contribution < -0.4 is 5.32 Å². The quantitative estimate of drug-likeness (QED) is 0.779. The summed E-state index contributed by atoms with van der Waals surface area (Å²) in [6.45, 7) is 2.13.